The van der Waals surface area contributed by atoms with E-state index in [1.54, 1.807) is 11.1 Å². The SMILES string of the molecule is NS(=O)(=O)CC1CC(=O)N(CCc2ccnc3[nH]ccc23)C1. The average Bonchev–Trinajstić information content (AvgIpc) is 3.01. The molecular formula is C14H18N4O3S. The highest BCUT2D eigenvalue weighted by Gasteiger charge is 2.31. The first-order valence-corrected chi connectivity index (χ1v) is 8.83. The minimum absolute atomic E-state index is 0.00646. The zero-order valence-corrected chi connectivity index (χ0v) is 12.8. The van der Waals surface area contributed by atoms with Crippen LogP contribution in [0.4, 0.5) is 0 Å². The van der Waals surface area contributed by atoms with Crippen LogP contribution in [0.5, 0.6) is 0 Å². The molecule has 0 spiro atoms. The lowest BCUT2D eigenvalue weighted by Crippen LogP contribution is -2.29. The van der Waals surface area contributed by atoms with Crippen LogP contribution in [-0.4, -0.2) is 48.0 Å². The van der Waals surface area contributed by atoms with E-state index in [1.807, 2.05) is 18.3 Å². The van der Waals surface area contributed by atoms with Crippen LogP contribution < -0.4 is 5.14 Å². The summed E-state index contributed by atoms with van der Waals surface area (Å²) in [5, 5.41) is 6.10. The number of hydrogen-bond acceptors (Lipinski definition) is 4. The molecule has 1 saturated heterocycles. The van der Waals surface area contributed by atoms with Crippen molar-refractivity contribution in [1.29, 1.82) is 0 Å². The van der Waals surface area contributed by atoms with Crippen molar-refractivity contribution in [3.05, 3.63) is 30.1 Å². The summed E-state index contributed by atoms with van der Waals surface area (Å²) >= 11 is 0. The second-order valence-corrected chi connectivity index (χ2v) is 7.36. The van der Waals surface area contributed by atoms with Gasteiger partial charge >= 0.3 is 0 Å². The lowest BCUT2D eigenvalue weighted by molar-refractivity contribution is -0.127. The summed E-state index contributed by atoms with van der Waals surface area (Å²) in [6.07, 6.45) is 4.55. The van der Waals surface area contributed by atoms with Crippen LogP contribution >= 0.6 is 0 Å². The number of pyridine rings is 1. The summed E-state index contributed by atoms with van der Waals surface area (Å²) in [6.45, 7) is 1.03. The predicted molar refractivity (Wildman–Crippen MR) is 82.5 cm³/mol. The number of primary sulfonamides is 1. The van der Waals surface area contributed by atoms with E-state index in [1.165, 1.54) is 0 Å². The van der Waals surface area contributed by atoms with Gasteiger partial charge in [-0.05, 0) is 24.1 Å². The average molecular weight is 322 g/mol. The molecule has 1 atom stereocenters. The number of likely N-dealkylation sites (tertiary alicyclic amines) is 1. The Balaban J connectivity index is 1.64. The third-order valence-electron chi connectivity index (χ3n) is 3.96. The largest absolute Gasteiger partial charge is 0.346 e. The molecule has 0 aliphatic carbocycles. The van der Waals surface area contributed by atoms with Gasteiger partial charge in [0.15, 0.2) is 0 Å². The molecule has 3 rings (SSSR count). The molecule has 22 heavy (non-hydrogen) atoms. The highest BCUT2D eigenvalue weighted by molar-refractivity contribution is 7.89. The maximum Gasteiger partial charge on any atom is 0.222 e. The maximum absolute atomic E-state index is 12.0. The van der Waals surface area contributed by atoms with E-state index in [0.717, 1.165) is 16.6 Å². The summed E-state index contributed by atoms with van der Waals surface area (Å²) in [5.41, 5.74) is 1.95. The fourth-order valence-electron chi connectivity index (χ4n) is 3.00. The first-order valence-electron chi connectivity index (χ1n) is 7.11. The molecule has 3 heterocycles. The predicted octanol–water partition coefficient (Wildman–Crippen LogP) is 0.242. The van der Waals surface area contributed by atoms with Crippen molar-refractivity contribution in [2.45, 2.75) is 12.8 Å². The van der Waals surface area contributed by atoms with Crippen LogP contribution in [0.15, 0.2) is 24.5 Å². The Morgan fingerprint density at radius 2 is 2.23 bits per heavy atom. The number of carbonyl (C=O) groups excluding carboxylic acids is 1. The van der Waals surface area contributed by atoms with Gasteiger partial charge in [0.1, 0.15) is 5.65 Å². The molecule has 1 aliphatic heterocycles. The van der Waals surface area contributed by atoms with Crippen molar-refractivity contribution in [3.8, 4) is 0 Å². The lowest BCUT2D eigenvalue weighted by Gasteiger charge is -2.16. The molecule has 1 unspecified atom stereocenters. The molecule has 2 aromatic heterocycles. The molecular weight excluding hydrogens is 304 g/mol. The number of H-pyrrole nitrogens is 1. The Morgan fingerprint density at radius 3 is 3.00 bits per heavy atom. The number of amides is 1. The highest BCUT2D eigenvalue weighted by atomic mass is 32.2. The zero-order valence-electron chi connectivity index (χ0n) is 12.0. The number of nitrogens with one attached hydrogen (secondary N) is 1. The summed E-state index contributed by atoms with van der Waals surface area (Å²) in [5.74, 6) is -0.341. The Bertz CT molecular complexity index is 799. The normalized spacial score (nSPS) is 19.2. The molecule has 0 radical (unpaired) electrons. The van der Waals surface area contributed by atoms with E-state index in [4.69, 9.17) is 5.14 Å². The number of aromatic nitrogens is 2. The van der Waals surface area contributed by atoms with Crippen molar-refractivity contribution in [2.24, 2.45) is 11.1 Å². The molecule has 1 aliphatic rings. The van der Waals surface area contributed by atoms with Crippen molar-refractivity contribution in [1.82, 2.24) is 14.9 Å². The van der Waals surface area contributed by atoms with E-state index in [9.17, 15) is 13.2 Å². The number of fused-ring (bicyclic) bond motifs is 1. The molecule has 1 amide bonds. The lowest BCUT2D eigenvalue weighted by atomic mass is 10.1. The van der Waals surface area contributed by atoms with Gasteiger partial charge in [-0.15, -0.1) is 0 Å². The van der Waals surface area contributed by atoms with Crippen LogP contribution in [0.3, 0.4) is 0 Å². The van der Waals surface area contributed by atoms with Gasteiger partial charge in [0, 0.05) is 43.2 Å². The van der Waals surface area contributed by atoms with Crippen molar-refractivity contribution in [2.75, 3.05) is 18.8 Å². The Morgan fingerprint density at radius 1 is 1.41 bits per heavy atom. The van der Waals surface area contributed by atoms with Gasteiger partial charge in [-0.1, -0.05) is 0 Å². The minimum Gasteiger partial charge on any atom is -0.346 e. The third kappa shape index (κ3) is 3.28. The fourth-order valence-corrected chi connectivity index (χ4v) is 3.88. The monoisotopic (exact) mass is 322 g/mol. The maximum atomic E-state index is 12.0. The van der Waals surface area contributed by atoms with Gasteiger partial charge in [-0.3, -0.25) is 4.79 Å². The number of rotatable bonds is 5. The summed E-state index contributed by atoms with van der Waals surface area (Å²) < 4.78 is 22.3. The summed E-state index contributed by atoms with van der Waals surface area (Å²) in [7, 11) is -3.53. The van der Waals surface area contributed by atoms with Gasteiger partial charge in [0.25, 0.3) is 0 Å². The van der Waals surface area contributed by atoms with E-state index in [0.29, 0.717) is 19.5 Å². The van der Waals surface area contributed by atoms with E-state index in [2.05, 4.69) is 9.97 Å². The molecule has 3 N–H and O–H groups in total. The van der Waals surface area contributed by atoms with Crippen molar-refractivity contribution < 1.29 is 13.2 Å². The third-order valence-corrected chi connectivity index (χ3v) is 4.90. The van der Waals surface area contributed by atoms with Gasteiger partial charge in [-0.25, -0.2) is 18.5 Å². The van der Waals surface area contributed by atoms with Crippen molar-refractivity contribution >= 4 is 27.0 Å². The van der Waals surface area contributed by atoms with Gasteiger partial charge in [0.2, 0.25) is 15.9 Å². The fraction of sp³-hybridized carbons (Fsp3) is 0.429. The second-order valence-electron chi connectivity index (χ2n) is 5.70. The molecule has 7 nitrogen and oxygen atoms in total. The number of hydrogen-bond donors (Lipinski definition) is 2. The first-order chi connectivity index (χ1) is 10.4. The quantitative estimate of drug-likeness (QED) is 0.822. The molecule has 1 fully saturated rings. The standard InChI is InChI=1S/C14H18N4O3S/c15-22(20,21)9-10-7-13(19)18(8-10)6-3-11-1-4-16-14-12(11)2-5-17-14/h1-2,4-5,10H,3,6-9H2,(H,16,17)(H2,15,20,21). The second kappa shape index (κ2) is 5.69. The summed E-state index contributed by atoms with van der Waals surface area (Å²) in [6, 6.07) is 3.91. The van der Waals surface area contributed by atoms with Crippen LogP contribution in [0.25, 0.3) is 11.0 Å². The van der Waals surface area contributed by atoms with Gasteiger partial charge in [-0.2, -0.15) is 0 Å². The molecule has 2 aromatic rings. The number of carbonyl (C=O) groups is 1. The molecule has 118 valence electrons. The molecule has 0 aromatic carbocycles. The molecule has 8 heteroatoms. The number of sulfonamides is 1. The van der Waals surface area contributed by atoms with Gasteiger partial charge in [0.05, 0.1) is 5.75 Å². The van der Waals surface area contributed by atoms with E-state index < -0.39 is 10.0 Å². The van der Waals surface area contributed by atoms with Crippen LogP contribution in [-0.2, 0) is 21.2 Å². The number of nitrogens with two attached hydrogens (primary N) is 1. The van der Waals surface area contributed by atoms with Crippen LogP contribution in [0.2, 0.25) is 0 Å². The Hall–Kier alpha value is -1.93. The summed E-state index contributed by atoms with van der Waals surface area (Å²) in [4.78, 5) is 21.0. The van der Waals surface area contributed by atoms with Crippen LogP contribution in [0, 0.1) is 5.92 Å². The number of nitrogens with zero attached hydrogens (tertiary/aromatic N) is 2. The topological polar surface area (TPSA) is 109 Å². The van der Waals surface area contributed by atoms with E-state index in [-0.39, 0.29) is 24.0 Å². The Labute approximate surface area is 128 Å². The van der Waals surface area contributed by atoms with E-state index >= 15 is 0 Å². The van der Waals surface area contributed by atoms with Crippen LogP contribution in [0.1, 0.15) is 12.0 Å². The smallest absolute Gasteiger partial charge is 0.222 e. The van der Waals surface area contributed by atoms with Gasteiger partial charge < -0.3 is 9.88 Å². The highest BCUT2D eigenvalue weighted by Crippen LogP contribution is 2.21. The molecule has 0 bridgehead atoms. The minimum atomic E-state index is -3.53. The number of aromatic amines is 1. The first kappa shape index (κ1) is 15.0. The Kier molecular flexibility index (Phi) is 3.88. The zero-order chi connectivity index (χ0) is 15.7. The van der Waals surface area contributed by atoms with Crippen molar-refractivity contribution in [3.63, 3.8) is 0 Å². The molecule has 0 saturated carbocycles.